The first-order chi connectivity index (χ1) is 7.75. The highest BCUT2D eigenvalue weighted by molar-refractivity contribution is 7.10. The molecule has 1 aliphatic heterocycles. The third-order valence-electron chi connectivity index (χ3n) is 2.91. The van der Waals surface area contributed by atoms with E-state index in [2.05, 4.69) is 35.6 Å². The van der Waals surface area contributed by atoms with Crippen LogP contribution in [0.4, 0.5) is 0 Å². The molecule has 1 fully saturated rings. The Bertz CT molecular complexity index is 321. The van der Waals surface area contributed by atoms with Gasteiger partial charge < -0.3 is 10.1 Å². The first-order valence-electron chi connectivity index (χ1n) is 5.78. The summed E-state index contributed by atoms with van der Waals surface area (Å²) in [5, 5.41) is 5.65. The van der Waals surface area contributed by atoms with Crippen LogP contribution in [0.25, 0.3) is 0 Å². The van der Waals surface area contributed by atoms with E-state index in [1.165, 1.54) is 10.4 Å². The fourth-order valence-electron chi connectivity index (χ4n) is 1.99. The summed E-state index contributed by atoms with van der Waals surface area (Å²) in [5.41, 5.74) is 1.41. The van der Waals surface area contributed by atoms with Gasteiger partial charge in [-0.15, -0.1) is 11.3 Å². The van der Waals surface area contributed by atoms with Crippen molar-refractivity contribution in [1.29, 1.82) is 0 Å². The van der Waals surface area contributed by atoms with Crippen molar-refractivity contribution in [3.05, 3.63) is 21.9 Å². The largest absolute Gasteiger partial charge is 0.378 e. The van der Waals surface area contributed by atoms with Crippen LogP contribution in [0.15, 0.2) is 11.4 Å². The molecule has 0 amide bonds. The Morgan fingerprint density at radius 3 is 3.12 bits per heavy atom. The van der Waals surface area contributed by atoms with Crippen molar-refractivity contribution >= 4 is 11.3 Å². The Balaban J connectivity index is 1.79. The van der Waals surface area contributed by atoms with Crippen LogP contribution in [0.1, 0.15) is 10.4 Å². The first kappa shape index (κ1) is 12.0. The number of ether oxygens (including phenoxy) is 1. The van der Waals surface area contributed by atoms with Crippen molar-refractivity contribution in [3.63, 3.8) is 0 Å². The van der Waals surface area contributed by atoms with Gasteiger partial charge in [0.25, 0.3) is 0 Å². The van der Waals surface area contributed by atoms with E-state index in [0.29, 0.717) is 6.04 Å². The van der Waals surface area contributed by atoms with E-state index in [1.54, 1.807) is 0 Å². The molecule has 90 valence electrons. The van der Waals surface area contributed by atoms with Gasteiger partial charge in [0, 0.05) is 30.6 Å². The van der Waals surface area contributed by atoms with E-state index in [1.807, 2.05) is 11.3 Å². The maximum atomic E-state index is 5.46. The predicted octanol–water partition coefficient (Wildman–Crippen LogP) is 1.48. The second-order valence-electron chi connectivity index (χ2n) is 4.45. The van der Waals surface area contributed by atoms with Crippen molar-refractivity contribution in [2.45, 2.75) is 19.5 Å². The Morgan fingerprint density at radius 2 is 2.50 bits per heavy atom. The molecule has 1 N–H and O–H groups in total. The molecule has 2 heterocycles. The molecule has 0 aliphatic carbocycles. The molecule has 16 heavy (non-hydrogen) atoms. The molecular weight excluding hydrogens is 220 g/mol. The number of nitrogens with zero attached hydrogens (tertiary/aromatic N) is 1. The average molecular weight is 240 g/mol. The minimum Gasteiger partial charge on any atom is -0.378 e. The molecule has 1 aliphatic rings. The zero-order valence-electron chi connectivity index (χ0n) is 10.0. The standard InChI is InChI=1S/C12H20N2OS/c1-10-3-6-16-12(10)8-14(2)7-11-9-15-5-4-13-11/h3,6,11,13H,4-5,7-9H2,1-2H3. The second-order valence-corrected chi connectivity index (χ2v) is 5.45. The number of thiophene rings is 1. The maximum Gasteiger partial charge on any atom is 0.0632 e. The molecule has 1 aromatic heterocycles. The third kappa shape index (κ3) is 3.28. The zero-order valence-corrected chi connectivity index (χ0v) is 10.8. The predicted molar refractivity (Wildman–Crippen MR) is 68.0 cm³/mol. The number of hydrogen-bond donors (Lipinski definition) is 1. The molecule has 4 heteroatoms. The van der Waals surface area contributed by atoms with E-state index in [0.717, 1.165) is 32.8 Å². The van der Waals surface area contributed by atoms with Crippen molar-refractivity contribution in [2.24, 2.45) is 0 Å². The Kier molecular flexibility index (Phi) is 4.35. The fraction of sp³-hybridized carbons (Fsp3) is 0.667. The summed E-state index contributed by atoms with van der Waals surface area (Å²) in [7, 11) is 2.18. The second kappa shape index (κ2) is 5.77. The zero-order chi connectivity index (χ0) is 11.4. The van der Waals surface area contributed by atoms with Crippen molar-refractivity contribution in [2.75, 3.05) is 33.4 Å². The summed E-state index contributed by atoms with van der Waals surface area (Å²) < 4.78 is 5.46. The van der Waals surface area contributed by atoms with Gasteiger partial charge in [-0.05, 0) is 31.0 Å². The van der Waals surface area contributed by atoms with Gasteiger partial charge in [-0.25, -0.2) is 0 Å². The van der Waals surface area contributed by atoms with E-state index >= 15 is 0 Å². The Hall–Kier alpha value is -0.420. The minimum absolute atomic E-state index is 0.485. The van der Waals surface area contributed by atoms with Crippen LogP contribution >= 0.6 is 11.3 Å². The molecular formula is C12H20N2OS. The van der Waals surface area contributed by atoms with E-state index in [-0.39, 0.29) is 0 Å². The van der Waals surface area contributed by atoms with Crippen LogP contribution in [0, 0.1) is 6.92 Å². The SMILES string of the molecule is Cc1ccsc1CN(C)CC1COCCN1. The summed E-state index contributed by atoms with van der Waals surface area (Å²) >= 11 is 1.85. The van der Waals surface area contributed by atoms with Crippen molar-refractivity contribution < 1.29 is 4.74 Å². The molecule has 0 aromatic carbocycles. The number of likely N-dealkylation sites (N-methyl/N-ethyl adjacent to an activating group) is 1. The van der Waals surface area contributed by atoms with Crippen LogP contribution in [0.2, 0.25) is 0 Å². The van der Waals surface area contributed by atoms with Crippen molar-refractivity contribution in [1.82, 2.24) is 10.2 Å². The lowest BCUT2D eigenvalue weighted by atomic mass is 10.2. The summed E-state index contributed by atoms with van der Waals surface area (Å²) in [6, 6.07) is 2.68. The molecule has 1 aromatic rings. The van der Waals surface area contributed by atoms with Gasteiger partial charge in [0.2, 0.25) is 0 Å². The topological polar surface area (TPSA) is 24.5 Å². The first-order valence-corrected chi connectivity index (χ1v) is 6.66. The molecule has 0 bridgehead atoms. The summed E-state index contributed by atoms with van der Waals surface area (Å²) in [6.45, 7) is 6.95. The number of hydrogen-bond acceptors (Lipinski definition) is 4. The van der Waals surface area contributed by atoms with Crippen LogP contribution in [0.5, 0.6) is 0 Å². The van der Waals surface area contributed by atoms with E-state index in [9.17, 15) is 0 Å². The summed E-state index contributed by atoms with van der Waals surface area (Å²) in [4.78, 5) is 3.84. The van der Waals surface area contributed by atoms with Gasteiger partial charge in [0.15, 0.2) is 0 Å². The van der Waals surface area contributed by atoms with Gasteiger partial charge in [0.1, 0.15) is 0 Å². The lowest BCUT2D eigenvalue weighted by molar-refractivity contribution is 0.0646. The highest BCUT2D eigenvalue weighted by atomic mass is 32.1. The molecule has 1 unspecified atom stereocenters. The Morgan fingerprint density at radius 1 is 1.62 bits per heavy atom. The molecule has 2 rings (SSSR count). The lowest BCUT2D eigenvalue weighted by Crippen LogP contribution is -2.47. The van der Waals surface area contributed by atoms with Gasteiger partial charge in [-0.2, -0.15) is 0 Å². The van der Waals surface area contributed by atoms with E-state index in [4.69, 9.17) is 4.74 Å². The van der Waals surface area contributed by atoms with Crippen LogP contribution in [0.3, 0.4) is 0 Å². The van der Waals surface area contributed by atoms with Crippen LogP contribution in [-0.2, 0) is 11.3 Å². The molecule has 1 atom stereocenters. The number of rotatable bonds is 4. The lowest BCUT2D eigenvalue weighted by Gasteiger charge is -2.28. The Labute approximate surface area is 101 Å². The van der Waals surface area contributed by atoms with Gasteiger partial charge in [0.05, 0.1) is 13.2 Å². The van der Waals surface area contributed by atoms with Crippen LogP contribution < -0.4 is 5.32 Å². The normalized spacial score (nSPS) is 21.6. The average Bonchev–Trinajstić information content (AvgIpc) is 2.66. The van der Waals surface area contributed by atoms with Gasteiger partial charge in [-0.3, -0.25) is 4.90 Å². The molecule has 0 radical (unpaired) electrons. The smallest absolute Gasteiger partial charge is 0.0632 e. The summed E-state index contributed by atoms with van der Waals surface area (Å²) in [6.07, 6.45) is 0. The number of nitrogens with one attached hydrogen (secondary N) is 1. The number of aryl methyl sites for hydroxylation is 1. The van der Waals surface area contributed by atoms with E-state index < -0.39 is 0 Å². The van der Waals surface area contributed by atoms with Gasteiger partial charge >= 0.3 is 0 Å². The fourth-order valence-corrected chi connectivity index (χ4v) is 2.97. The highest BCUT2D eigenvalue weighted by Gasteiger charge is 2.15. The van der Waals surface area contributed by atoms with Crippen LogP contribution in [-0.4, -0.2) is 44.3 Å². The highest BCUT2D eigenvalue weighted by Crippen LogP contribution is 2.17. The molecule has 0 saturated carbocycles. The van der Waals surface area contributed by atoms with Gasteiger partial charge in [-0.1, -0.05) is 0 Å². The molecule has 3 nitrogen and oxygen atoms in total. The maximum absolute atomic E-state index is 5.46. The summed E-state index contributed by atoms with van der Waals surface area (Å²) in [5.74, 6) is 0. The monoisotopic (exact) mass is 240 g/mol. The molecule has 0 spiro atoms. The quantitative estimate of drug-likeness (QED) is 0.862. The molecule has 1 saturated heterocycles. The number of morpholine rings is 1. The van der Waals surface area contributed by atoms with Crippen molar-refractivity contribution in [3.8, 4) is 0 Å². The minimum atomic E-state index is 0.485. The third-order valence-corrected chi connectivity index (χ3v) is 3.92.